The topological polar surface area (TPSA) is 32.7 Å². The lowest BCUT2D eigenvalue weighted by Gasteiger charge is -2.35. The van der Waals surface area contributed by atoms with Crippen LogP contribution in [0, 0.1) is 11.8 Å². The zero-order valence-electron chi connectivity index (χ0n) is 11.7. The first-order chi connectivity index (χ1) is 8.11. The second-order valence-corrected chi connectivity index (χ2v) is 5.75. The van der Waals surface area contributed by atoms with Crippen molar-refractivity contribution in [3.8, 4) is 0 Å². The molecule has 3 unspecified atom stereocenters. The molecule has 0 bridgehead atoms. The minimum absolute atomic E-state index is 0.329. The number of piperidine rings is 1. The lowest BCUT2D eigenvalue weighted by Crippen LogP contribution is -2.43. The molecule has 1 saturated heterocycles. The molecule has 0 aromatic carbocycles. The molecule has 1 fully saturated rings. The van der Waals surface area contributed by atoms with Crippen molar-refractivity contribution in [3.05, 3.63) is 0 Å². The van der Waals surface area contributed by atoms with Gasteiger partial charge >= 0.3 is 0 Å². The maximum absolute atomic E-state index is 9.91. The zero-order valence-corrected chi connectivity index (χ0v) is 11.7. The fourth-order valence-corrected chi connectivity index (χ4v) is 2.76. The summed E-state index contributed by atoms with van der Waals surface area (Å²) in [6.45, 7) is 11.0. The van der Waals surface area contributed by atoms with Crippen LogP contribution in [-0.4, -0.2) is 49.0 Å². The molecule has 3 nitrogen and oxygen atoms in total. The van der Waals surface area contributed by atoms with E-state index in [0.29, 0.717) is 6.61 Å². The molecule has 3 heteroatoms. The van der Waals surface area contributed by atoms with Gasteiger partial charge in [0.1, 0.15) is 0 Å². The third kappa shape index (κ3) is 6.39. The van der Waals surface area contributed by atoms with Gasteiger partial charge in [0, 0.05) is 26.2 Å². The van der Waals surface area contributed by atoms with E-state index in [-0.39, 0.29) is 6.10 Å². The van der Waals surface area contributed by atoms with Crippen LogP contribution in [0.3, 0.4) is 0 Å². The summed E-state index contributed by atoms with van der Waals surface area (Å²) in [6.07, 6.45) is 3.23. The molecule has 1 aliphatic rings. The average Bonchev–Trinajstić information content (AvgIpc) is 2.23. The van der Waals surface area contributed by atoms with Crippen molar-refractivity contribution in [1.29, 1.82) is 0 Å². The molecule has 0 radical (unpaired) electrons. The highest BCUT2D eigenvalue weighted by molar-refractivity contribution is 4.76. The second kappa shape index (κ2) is 8.06. The Hall–Kier alpha value is -0.120. The van der Waals surface area contributed by atoms with Crippen LogP contribution >= 0.6 is 0 Å². The molecular weight excluding hydrogens is 214 g/mol. The van der Waals surface area contributed by atoms with Crippen LogP contribution in [0.2, 0.25) is 0 Å². The number of likely N-dealkylation sites (tertiary alicyclic amines) is 1. The zero-order chi connectivity index (χ0) is 12.7. The van der Waals surface area contributed by atoms with Gasteiger partial charge in [0.25, 0.3) is 0 Å². The Morgan fingerprint density at radius 3 is 2.53 bits per heavy atom. The summed E-state index contributed by atoms with van der Waals surface area (Å²) in [6, 6.07) is 0. The van der Waals surface area contributed by atoms with Crippen molar-refractivity contribution >= 4 is 0 Å². The molecule has 1 rings (SSSR count). The van der Waals surface area contributed by atoms with Crippen LogP contribution < -0.4 is 0 Å². The molecule has 0 aliphatic carbocycles. The molecule has 1 aliphatic heterocycles. The van der Waals surface area contributed by atoms with Crippen LogP contribution in [0.1, 0.15) is 40.0 Å². The van der Waals surface area contributed by atoms with Crippen molar-refractivity contribution in [2.24, 2.45) is 11.8 Å². The largest absolute Gasteiger partial charge is 0.389 e. The highest BCUT2D eigenvalue weighted by atomic mass is 16.5. The number of aliphatic hydroxyl groups excluding tert-OH is 1. The monoisotopic (exact) mass is 243 g/mol. The minimum atomic E-state index is -0.329. The van der Waals surface area contributed by atoms with Crippen LogP contribution in [0.25, 0.3) is 0 Å². The number of aliphatic hydroxyl groups is 1. The molecule has 102 valence electrons. The molecule has 17 heavy (non-hydrogen) atoms. The van der Waals surface area contributed by atoms with Crippen LogP contribution in [0.15, 0.2) is 0 Å². The third-order valence-corrected chi connectivity index (χ3v) is 3.37. The standard InChI is InChI=1S/C14H29NO2/c1-4-5-6-17-11-14(16)10-15-8-12(2)7-13(3)9-15/h12-14,16H,4-11H2,1-3H3. The summed E-state index contributed by atoms with van der Waals surface area (Å²) in [7, 11) is 0. The van der Waals surface area contributed by atoms with Gasteiger partial charge in [0.15, 0.2) is 0 Å². The van der Waals surface area contributed by atoms with Gasteiger partial charge in [-0.3, -0.25) is 0 Å². The van der Waals surface area contributed by atoms with Crippen LogP contribution in [0.5, 0.6) is 0 Å². The number of ether oxygens (including phenoxy) is 1. The van der Waals surface area contributed by atoms with Gasteiger partial charge in [-0.1, -0.05) is 27.2 Å². The predicted molar refractivity (Wildman–Crippen MR) is 71.1 cm³/mol. The number of rotatable bonds is 7. The molecule has 0 amide bonds. The van der Waals surface area contributed by atoms with E-state index in [9.17, 15) is 5.11 Å². The van der Waals surface area contributed by atoms with Gasteiger partial charge in [-0.2, -0.15) is 0 Å². The van der Waals surface area contributed by atoms with Crippen molar-refractivity contribution in [1.82, 2.24) is 4.90 Å². The van der Waals surface area contributed by atoms with Gasteiger partial charge < -0.3 is 14.7 Å². The van der Waals surface area contributed by atoms with E-state index in [0.717, 1.165) is 50.9 Å². The van der Waals surface area contributed by atoms with Gasteiger partial charge in [-0.15, -0.1) is 0 Å². The molecule has 0 aromatic rings. The van der Waals surface area contributed by atoms with E-state index in [1.807, 2.05) is 0 Å². The van der Waals surface area contributed by atoms with Crippen molar-refractivity contribution in [2.45, 2.75) is 46.1 Å². The Morgan fingerprint density at radius 1 is 1.29 bits per heavy atom. The fraction of sp³-hybridized carbons (Fsp3) is 1.00. The van der Waals surface area contributed by atoms with Gasteiger partial charge in [-0.05, 0) is 24.7 Å². The van der Waals surface area contributed by atoms with E-state index in [1.54, 1.807) is 0 Å². The molecule has 0 aromatic heterocycles. The quantitative estimate of drug-likeness (QED) is 0.695. The van der Waals surface area contributed by atoms with Crippen LogP contribution in [0.4, 0.5) is 0 Å². The number of β-amino-alcohol motifs (C(OH)–C–C–N with tert-alkyl or cyclic N) is 1. The molecule has 0 spiro atoms. The summed E-state index contributed by atoms with van der Waals surface area (Å²) in [5.41, 5.74) is 0. The summed E-state index contributed by atoms with van der Waals surface area (Å²) in [5.74, 6) is 1.51. The highest BCUT2D eigenvalue weighted by Gasteiger charge is 2.23. The lowest BCUT2D eigenvalue weighted by molar-refractivity contribution is 0.00405. The maximum Gasteiger partial charge on any atom is 0.0900 e. The fourth-order valence-electron chi connectivity index (χ4n) is 2.76. The molecule has 1 N–H and O–H groups in total. The minimum Gasteiger partial charge on any atom is -0.389 e. The highest BCUT2D eigenvalue weighted by Crippen LogP contribution is 2.20. The first-order valence-corrected chi connectivity index (χ1v) is 7.10. The first kappa shape index (κ1) is 14.9. The second-order valence-electron chi connectivity index (χ2n) is 5.75. The lowest BCUT2D eigenvalue weighted by atomic mass is 9.92. The van der Waals surface area contributed by atoms with Crippen LogP contribution in [-0.2, 0) is 4.74 Å². The van der Waals surface area contributed by atoms with Gasteiger partial charge in [-0.25, -0.2) is 0 Å². The summed E-state index contributed by atoms with van der Waals surface area (Å²) < 4.78 is 5.45. The Morgan fingerprint density at radius 2 is 1.94 bits per heavy atom. The molecule has 3 atom stereocenters. The van der Waals surface area contributed by atoms with E-state index in [4.69, 9.17) is 4.74 Å². The smallest absolute Gasteiger partial charge is 0.0900 e. The van der Waals surface area contributed by atoms with Gasteiger partial charge in [0.05, 0.1) is 12.7 Å². The van der Waals surface area contributed by atoms with Crippen molar-refractivity contribution < 1.29 is 9.84 Å². The first-order valence-electron chi connectivity index (χ1n) is 7.10. The maximum atomic E-state index is 9.91. The SMILES string of the molecule is CCCCOCC(O)CN1CC(C)CC(C)C1. The Labute approximate surface area is 106 Å². The number of nitrogens with zero attached hydrogens (tertiary/aromatic N) is 1. The average molecular weight is 243 g/mol. The normalized spacial score (nSPS) is 28.2. The number of unbranched alkanes of at least 4 members (excludes halogenated alkanes) is 1. The van der Waals surface area contributed by atoms with Crippen molar-refractivity contribution in [2.75, 3.05) is 32.8 Å². The Kier molecular flexibility index (Phi) is 7.09. The predicted octanol–water partition coefficient (Wildman–Crippen LogP) is 2.14. The van der Waals surface area contributed by atoms with E-state index in [2.05, 4.69) is 25.7 Å². The molecular formula is C14H29NO2. The van der Waals surface area contributed by atoms with Crippen molar-refractivity contribution in [3.63, 3.8) is 0 Å². The Bertz CT molecular complexity index is 189. The molecule has 1 heterocycles. The van der Waals surface area contributed by atoms with Gasteiger partial charge in [0.2, 0.25) is 0 Å². The summed E-state index contributed by atoms with van der Waals surface area (Å²) >= 11 is 0. The number of hydrogen-bond donors (Lipinski definition) is 1. The molecule has 0 saturated carbocycles. The summed E-state index contributed by atoms with van der Waals surface area (Å²) in [4.78, 5) is 2.38. The Balaban J connectivity index is 2.14. The van der Waals surface area contributed by atoms with E-state index >= 15 is 0 Å². The van der Waals surface area contributed by atoms with E-state index in [1.165, 1.54) is 6.42 Å². The summed E-state index contributed by atoms with van der Waals surface area (Å²) in [5, 5.41) is 9.91. The number of hydrogen-bond acceptors (Lipinski definition) is 3. The third-order valence-electron chi connectivity index (χ3n) is 3.37. The van der Waals surface area contributed by atoms with E-state index < -0.39 is 0 Å².